The highest BCUT2D eigenvalue weighted by molar-refractivity contribution is 5.84. The Hall–Kier alpha value is -2.82. The molecule has 0 aliphatic carbocycles. The lowest BCUT2D eigenvalue weighted by molar-refractivity contribution is -0.142. The maximum absolute atomic E-state index is 11.7. The van der Waals surface area contributed by atoms with Crippen molar-refractivity contribution in [1.82, 2.24) is 4.98 Å². The Morgan fingerprint density at radius 1 is 1.14 bits per heavy atom. The molecule has 0 spiro atoms. The molecular formula is C16H14N2O3. The second kappa shape index (κ2) is 4.94. The van der Waals surface area contributed by atoms with Gasteiger partial charge in [0.25, 0.3) is 6.01 Å². The van der Waals surface area contributed by atoms with Gasteiger partial charge in [-0.05, 0) is 24.6 Å². The van der Waals surface area contributed by atoms with Crippen molar-refractivity contribution >= 4 is 23.1 Å². The van der Waals surface area contributed by atoms with Gasteiger partial charge in [-0.2, -0.15) is 4.98 Å². The summed E-state index contributed by atoms with van der Waals surface area (Å²) < 4.78 is 5.55. The molecule has 21 heavy (non-hydrogen) atoms. The fourth-order valence-electron chi connectivity index (χ4n) is 2.16. The van der Waals surface area contributed by atoms with E-state index >= 15 is 0 Å². The van der Waals surface area contributed by atoms with Gasteiger partial charge in [0, 0.05) is 0 Å². The summed E-state index contributed by atoms with van der Waals surface area (Å²) in [4.78, 5) is 16.0. The molecule has 1 unspecified atom stereocenters. The van der Waals surface area contributed by atoms with E-state index in [4.69, 9.17) is 4.42 Å². The Kier molecular flexibility index (Phi) is 3.10. The summed E-state index contributed by atoms with van der Waals surface area (Å²) in [6.07, 6.45) is 0. The van der Waals surface area contributed by atoms with Crippen LogP contribution in [0.2, 0.25) is 0 Å². The van der Waals surface area contributed by atoms with Crippen LogP contribution < -0.4 is 5.32 Å². The molecule has 1 aromatic heterocycles. The standard InChI is InChI=1S/C16H14N2O3/c1-16(14(19)20,11-7-3-2-4-8-11)18-15-17-12-9-5-6-10-13(12)21-15/h2-10H,1H3,(H,17,18)(H,19,20). The molecule has 3 aromatic rings. The van der Waals surface area contributed by atoms with Crippen LogP contribution in [0, 0.1) is 0 Å². The highest BCUT2D eigenvalue weighted by Gasteiger charge is 2.36. The molecule has 5 heteroatoms. The Morgan fingerprint density at radius 3 is 2.48 bits per heavy atom. The number of carboxylic acids is 1. The highest BCUT2D eigenvalue weighted by Crippen LogP contribution is 2.28. The lowest BCUT2D eigenvalue weighted by Crippen LogP contribution is -2.40. The Labute approximate surface area is 121 Å². The summed E-state index contributed by atoms with van der Waals surface area (Å²) in [6.45, 7) is 1.58. The molecular weight excluding hydrogens is 268 g/mol. The SMILES string of the molecule is CC(Nc1nc2ccccc2o1)(C(=O)O)c1ccccc1. The summed E-state index contributed by atoms with van der Waals surface area (Å²) in [6, 6.07) is 16.4. The molecule has 106 valence electrons. The minimum absolute atomic E-state index is 0.185. The first kappa shape index (κ1) is 13.2. The van der Waals surface area contributed by atoms with Crippen LogP contribution >= 0.6 is 0 Å². The predicted molar refractivity (Wildman–Crippen MR) is 79.1 cm³/mol. The van der Waals surface area contributed by atoms with Gasteiger partial charge in [0.15, 0.2) is 11.1 Å². The summed E-state index contributed by atoms with van der Waals surface area (Å²) in [5, 5.41) is 12.5. The number of carboxylic acid groups (broad SMARTS) is 1. The van der Waals surface area contributed by atoms with Crippen molar-refractivity contribution < 1.29 is 14.3 Å². The average Bonchev–Trinajstić information content (AvgIpc) is 2.89. The van der Waals surface area contributed by atoms with Crippen LogP contribution in [0.4, 0.5) is 6.01 Å². The molecule has 1 atom stereocenters. The number of nitrogens with zero attached hydrogens (tertiary/aromatic N) is 1. The molecule has 0 aliphatic rings. The number of benzene rings is 2. The summed E-state index contributed by atoms with van der Waals surface area (Å²) in [5.74, 6) is -1.00. The fourth-order valence-corrected chi connectivity index (χ4v) is 2.16. The molecule has 0 saturated heterocycles. The van der Waals surface area contributed by atoms with Crippen molar-refractivity contribution in [2.75, 3.05) is 5.32 Å². The Balaban J connectivity index is 2.01. The first-order valence-corrected chi connectivity index (χ1v) is 6.52. The van der Waals surface area contributed by atoms with Crippen molar-refractivity contribution in [2.45, 2.75) is 12.5 Å². The summed E-state index contributed by atoms with van der Waals surface area (Å²) in [7, 11) is 0. The number of aromatic nitrogens is 1. The lowest BCUT2D eigenvalue weighted by atomic mass is 9.92. The zero-order valence-electron chi connectivity index (χ0n) is 11.4. The topological polar surface area (TPSA) is 75.4 Å². The van der Waals surface area contributed by atoms with Gasteiger partial charge >= 0.3 is 5.97 Å². The minimum atomic E-state index is -1.32. The molecule has 2 N–H and O–H groups in total. The number of para-hydroxylation sites is 2. The van der Waals surface area contributed by atoms with Crippen LogP contribution in [0.1, 0.15) is 12.5 Å². The zero-order valence-corrected chi connectivity index (χ0v) is 11.4. The number of rotatable bonds is 4. The second-order valence-corrected chi connectivity index (χ2v) is 4.91. The third-order valence-electron chi connectivity index (χ3n) is 3.43. The van der Waals surface area contributed by atoms with E-state index in [9.17, 15) is 9.90 Å². The van der Waals surface area contributed by atoms with Crippen molar-refractivity contribution in [3.05, 3.63) is 60.2 Å². The fraction of sp³-hybridized carbons (Fsp3) is 0.125. The normalized spacial score (nSPS) is 13.8. The molecule has 0 aliphatic heterocycles. The second-order valence-electron chi connectivity index (χ2n) is 4.91. The van der Waals surface area contributed by atoms with Crippen LogP contribution in [0.3, 0.4) is 0 Å². The van der Waals surface area contributed by atoms with E-state index in [-0.39, 0.29) is 6.01 Å². The van der Waals surface area contributed by atoms with E-state index in [1.165, 1.54) is 0 Å². The molecule has 5 nitrogen and oxygen atoms in total. The van der Waals surface area contributed by atoms with E-state index in [1.807, 2.05) is 24.3 Å². The third kappa shape index (κ3) is 2.33. The smallest absolute Gasteiger partial charge is 0.333 e. The first-order chi connectivity index (χ1) is 10.1. The molecule has 0 amide bonds. The lowest BCUT2D eigenvalue weighted by Gasteiger charge is -2.25. The number of aliphatic carboxylic acids is 1. The van der Waals surface area contributed by atoms with Gasteiger partial charge in [0.1, 0.15) is 5.52 Å². The summed E-state index contributed by atoms with van der Waals surface area (Å²) >= 11 is 0. The predicted octanol–water partition coefficient (Wildman–Crippen LogP) is 3.24. The van der Waals surface area contributed by atoms with Crippen molar-refractivity contribution in [1.29, 1.82) is 0 Å². The van der Waals surface area contributed by atoms with Gasteiger partial charge in [-0.15, -0.1) is 0 Å². The first-order valence-electron chi connectivity index (χ1n) is 6.52. The molecule has 0 radical (unpaired) electrons. The average molecular weight is 282 g/mol. The molecule has 0 bridgehead atoms. The number of carbonyl (C=O) groups is 1. The number of anilines is 1. The molecule has 0 fully saturated rings. The van der Waals surface area contributed by atoms with Gasteiger partial charge in [0.2, 0.25) is 0 Å². The van der Waals surface area contributed by atoms with E-state index in [2.05, 4.69) is 10.3 Å². The monoisotopic (exact) mass is 282 g/mol. The van der Waals surface area contributed by atoms with E-state index in [0.717, 1.165) is 0 Å². The maximum atomic E-state index is 11.7. The van der Waals surface area contributed by atoms with Gasteiger partial charge in [-0.25, -0.2) is 4.79 Å². The van der Waals surface area contributed by atoms with Crippen LogP contribution in [0.5, 0.6) is 0 Å². The van der Waals surface area contributed by atoms with Gasteiger partial charge in [-0.3, -0.25) is 0 Å². The number of fused-ring (bicyclic) bond motifs is 1. The number of oxazole rings is 1. The van der Waals surface area contributed by atoms with Crippen molar-refractivity contribution in [3.63, 3.8) is 0 Å². The number of hydrogen-bond acceptors (Lipinski definition) is 4. The summed E-state index contributed by atoms with van der Waals surface area (Å²) in [5.41, 5.74) is 0.601. The number of nitrogens with one attached hydrogen (secondary N) is 1. The Bertz CT molecular complexity index is 749. The molecule has 3 rings (SSSR count). The van der Waals surface area contributed by atoms with Crippen LogP contribution in [-0.4, -0.2) is 16.1 Å². The van der Waals surface area contributed by atoms with Crippen LogP contribution in [0.25, 0.3) is 11.1 Å². The van der Waals surface area contributed by atoms with E-state index in [0.29, 0.717) is 16.7 Å². The number of hydrogen-bond donors (Lipinski definition) is 2. The van der Waals surface area contributed by atoms with Crippen LogP contribution in [0.15, 0.2) is 59.0 Å². The maximum Gasteiger partial charge on any atom is 0.333 e. The third-order valence-corrected chi connectivity index (χ3v) is 3.43. The Morgan fingerprint density at radius 2 is 1.81 bits per heavy atom. The van der Waals surface area contributed by atoms with E-state index in [1.54, 1.807) is 37.3 Å². The van der Waals surface area contributed by atoms with Crippen LogP contribution in [-0.2, 0) is 10.3 Å². The minimum Gasteiger partial charge on any atom is -0.479 e. The molecule has 0 saturated carbocycles. The zero-order chi connectivity index (χ0) is 14.9. The van der Waals surface area contributed by atoms with E-state index < -0.39 is 11.5 Å². The largest absolute Gasteiger partial charge is 0.479 e. The van der Waals surface area contributed by atoms with Gasteiger partial charge < -0.3 is 14.8 Å². The van der Waals surface area contributed by atoms with Gasteiger partial charge in [0.05, 0.1) is 0 Å². The highest BCUT2D eigenvalue weighted by atomic mass is 16.4. The quantitative estimate of drug-likeness (QED) is 0.768. The molecule has 2 aromatic carbocycles. The molecule has 1 heterocycles. The van der Waals surface area contributed by atoms with Crippen molar-refractivity contribution in [2.24, 2.45) is 0 Å². The van der Waals surface area contributed by atoms with Crippen molar-refractivity contribution in [3.8, 4) is 0 Å². The van der Waals surface area contributed by atoms with Gasteiger partial charge in [-0.1, -0.05) is 42.5 Å².